The predicted octanol–water partition coefficient (Wildman–Crippen LogP) is 3.56. The first-order valence-corrected chi connectivity index (χ1v) is 8.02. The second-order valence-corrected chi connectivity index (χ2v) is 6.19. The van der Waals surface area contributed by atoms with E-state index in [0.717, 1.165) is 39.9 Å². The van der Waals surface area contributed by atoms with Gasteiger partial charge in [-0.3, -0.25) is 0 Å². The van der Waals surface area contributed by atoms with Crippen LogP contribution in [0.15, 0.2) is 18.2 Å². The molecule has 0 saturated heterocycles. The molecule has 2 N–H and O–H groups in total. The number of fused-ring (bicyclic) bond motifs is 3. The number of ether oxygens (including phenoxy) is 1. The van der Waals surface area contributed by atoms with Crippen LogP contribution in [-0.2, 0) is 11.2 Å². The number of benzene rings is 1. The van der Waals surface area contributed by atoms with Crippen molar-refractivity contribution >= 4 is 44.2 Å². The fourth-order valence-electron chi connectivity index (χ4n) is 2.40. The van der Waals surface area contributed by atoms with E-state index in [0.29, 0.717) is 16.9 Å². The van der Waals surface area contributed by atoms with Crippen LogP contribution in [0, 0.1) is 0 Å². The number of unbranched alkanes of at least 4 members (excludes halogenated alkanes) is 1. The summed E-state index contributed by atoms with van der Waals surface area (Å²) in [4.78, 5) is 20.6. The van der Waals surface area contributed by atoms with Gasteiger partial charge in [-0.15, -0.1) is 11.3 Å². The van der Waals surface area contributed by atoms with E-state index >= 15 is 0 Å². The van der Waals surface area contributed by atoms with E-state index in [9.17, 15) is 4.79 Å². The Morgan fingerprint density at radius 1 is 1.36 bits per heavy atom. The minimum Gasteiger partial charge on any atom is -0.465 e. The van der Waals surface area contributed by atoms with E-state index in [1.165, 1.54) is 7.11 Å². The molecule has 0 saturated carbocycles. The average Bonchev–Trinajstić information content (AvgIpc) is 2.96. The summed E-state index contributed by atoms with van der Waals surface area (Å²) >= 11 is 1.65. The molecule has 0 radical (unpaired) electrons. The lowest BCUT2D eigenvalue weighted by molar-refractivity contribution is 0.0601. The first-order chi connectivity index (χ1) is 10.6. The van der Waals surface area contributed by atoms with Gasteiger partial charge in [-0.25, -0.2) is 14.8 Å². The number of thiazole rings is 1. The fraction of sp³-hybridized carbons (Fsp3) is 0.312. The number of nitrogen functional groups attached to an aromatic ring is 1. The molecule has 0 unspecified atom stereocenters. The van der Waals surface area contributed by atoms with Crippen molar-refractivity contribution in [2.24, 2.45) is 0 Å². The molecule has 6 heteroatoms. The van der Waals surface area contributed by atoms with Crippen LogP contribution in [0.25, 0.3) is 21.1 Å². The number of nitrogens with zero attached hydrogens (tertiary/aromatic N) is 2. The van der Waals surface area contributed by atoms with Gasteiger partial charge in [0, 0.05) is 5.39 Å². The Kier molecular flexibility index (Phi) is 3.94. The molecule has 2 heterocycles. The molecular weight excluding hydrogens is 298 g/mol. The Morgan fingerprint density at radius 3 is 2.91 bits per heavy atom. The summed E-state index contributed by atoms with van der Waals surface area (Å²) in [6.07, 6.45) is 3.20. The number of aromatic nitrogens is 2. The van der Waals surface area contributed by atoms with Crippen molar-refractivity contribution in [1.82, 2.24) is 9.97 Å². The highest BCUT2D eigenvalue weighted by molar-refractivity contribution is 7.19. The highest BCUT2D eigenvalue weighted by atomic mass is 32.1. The first-order valence-electron chi connectivity index (χ1n) is 7.21. The van der Waals surface area contributed by atoms with Gasteiger partial charge in [0.05, 0.1) is 27.9 Å². The monoisotopic (exact) mass is 315 g/mol. The number of esters is 1. The molecular formula is C16H17N3O2S. The molecule has 3 aromatic rings. The Balaban J connectivity index is 2.17. The molecule has 0 aliphatic heterocycles. The second kappa shape index (κ2) is 5.88. The average molecular weight is 315 g/mol. The maximum Gasteiger partial charge on any atom is 0.337 e. The summed E-state index contributed by atoms with van der Waals surface area (Å²) in [6.45, 7) is 2.16. The van der Waals surface area contributed by atoms with Gasteiger partial charge < -0.3 is 10.5 Å². The quantitative estimate of drug-likeness (QED) is 0.745. The molecule has 2 aromatic heterocycles. The van der Waals surface area contributed by atoms with Crippen LogP contribution >= 0.6 is 11.3 Å². The van der Waals surface area contributed by atoms with Crippen molar-refractivity contribution < 1.29 is 9.53 Å². The third-order valence-electron chi connectivity index (χ3n) is 3.56. The van der Waals surface area contributed by atoms with Gasteiger partial charge in [0.2, 0.25) is 0 Å². The van der Waals surface area contributed by atoms with Crippen molar-refractivity contribution in [3.05, 3.63) is 28.8 Å². The number of carbonyl (C=O) groups is 1. The van der Waals surface area contributed by atoms with Crippen LogP contribution in [0.4, 0.5) is 5.82 Å². The lowest BCUT2D eigenvalue weighted by Gasteiger charge is -2.03. The highest BCUT2D eigenvalue weighted by Gasteiger charge is 2.14. The maximum absolute atomic E-state index is 11.6. The Morgan fingerprint density at radius 2 is 2.18 bits per heavy atom. The van der Waals surface area contributed by atoms with Crippen molar-refractivity contribution in [1.29, 1.82) is 0 Å². The summed E-state index contributed by atoms with van der Waals surface area (Å²) in [7, 11) is 1.36. The lowest BCUT2D eigenvalue weighted by Crippen LogP contribution is -2.01. The van der Waals surface area contributed by atoms with Crippen molar-refractivity contribution in [3.63, 3.8) is 0 Å². The zero-order valence-corrected chi connectivity index (χ0v) is 13.4. The van der Waals surface area contributed by atoms with Crippen molar-refractivity contribution in [3.8, 4) is 0 Å². The van der Waals surface area contributed by atoms with Gasteiger partial charge in [-0.2, -0.15) is 0 Å². The number of nitrogens with two attached hydrogens (primary N) is 1. The molecule has 0 bridgehead atoms. The number of aryl methyl sites for hydroxylation is 1. The zero-order valence-electron chi connectivity index (χ0n) is 12.5. The molecule has 3 rings (SSSR count). The lowest BCUT2D eigenvalue weighted by atomic mass is 10.1. The van der Waals surface area contributed by atoms with Crippen LogP contribution in [0.3, 0.4) is 0 Å². The zero-order chi connectivity index (χ0) is 15.7. The topological polar surface area (TPSA) is 78.1 Å². The summed E-state index contributed by atoms with van der Waals surface area (Å²) in [5.41, 5.74) is 7.96. The highest BCUT2D eigenvalue weighted by Crippen LogP contribution is 2.33. The van der Waals surface area contributed by atoms with Crippen molar-refractivity contribution in [2.45, 2.75) is 26.2 Å². The summed E-state index contributed by atoms with van der Waals surface area (Å²) in [6, 6.07) is 5.34. The number of anilines is 1. The number of carbonyl (C=O) groups excluding carboxylic acids is 1. The van der Waals surface area contributed by atoms with E-state index in [4.69, 9.17) is 10.5 Å². The molecule has 1 aromatic carbocycles. The van der Waals surface area contributed by atoms with Crippen LogP contribution in [0.1, 0.15) is 35.1 Å². The van der Waals surface area contributed by atoms with Crippen LogP contribution in [-0.4, -0.2) is 23.0 Å². The minimum atomic E-state index is -0.379. The van der Waals surface area contributed by atoms with Gasteiger partial charge in [-0.1, -0.05) is 19.4 Å². The molecule has 0 amide bonds. The number of methoxy groups -OCH3 is 1. The van der Waals surface area contributed by atoms with Gasteiger partial charge in [-0.05, 0) is 25.0 Å². The van der Waals surface area contributed by atoms with Crippen LogP contribution in [0.5, 0.6) is 0 Å². The third-order valence-corrected chi connectivity index (χ3v) is 4.71. The van der Waals surface area contributed by atoms with Gasteiger partial charge in [0.1, 0.15) is 5.52 Å². The van der Waals surface area contributed by atoms with Gasteiger partial charge >= 0.3 is 5.97 Å². The van der Waals surface area contributed by atoms with E-state index in [2.05, 4.69) is 16.9 Å². The molecule has 0 aliphatic carbocycles. The Hall–Kier alpha value is -2.21. The molecule has 22 heavy (non-hydrogen) atoms. The third kappa shape index (κ3) is 2.50. The summed E-state index contributed by atoms with van der Waals surface area (Å²) < 4.78 is 5.78. The van der Waals surface area contributed by atoms with E-state index in [1.54, 1.807) is 23.5 Å². The van der Waals surface area contributed by atoms with Gasteiger partial charge in [0.25, 0.3) is 0 Å². The maximum atomic E-state index is 11.6. The number of hydrogen-bond acceptors (Lipinski definition) is 6. The Bertz CT molecular complexity index is 857. The van der Waals surface area contributed by atoms with Crippen molar-refractivity contribution in [2.75, 3.05) is 12.8 Å². The molecule has 114 valence electrons. The van der Waals surface area contributed by atoms with E-state index in [1.807, 2.05) is 6.07 Å². The van der Waals surface area contributed by atoms with E-state index < -0.39 is 0 Å². The minimum absolute atomic E-state index is 0.379. The molecule has 0 aliphatic rings. The number of pyridine rings is 1. The fourth-order valence-corrected chi connectivity index (χ4v) is 3.55. The molecule has 0 fully saturated rings. The summed E-state index contributed by atoms with van der Waals surface area (Å²) in [5.74, 6) is 0.0267. The largest absolute Gasteiger partial charge is 0.465 e. The Labute approximate surface area is 132 Å². The summed E-state index contributed by atoms with van der Waals surface area (Å²) in [5, 5.41) is 2.05. The predicted molar refractivity (Wildman–Crippen MR) is 89.3 cm³/mol. The van der Waals surface area contributed by atoms with E-state index in [-0.39, 0.29) is 5.97 Å². The van der Waals surface area contributed by atoms with Crippen LogP contribution in [0.2, 0.25) is 0 Å². The van der Waals surface area contributed by atoms with Gasteiger partial charge in [0.15, 0.2) is 5.82 Å². The normalized spacial score (nSPS) is 11.2. The standard InChI is InChI=1S/C16H17N3O2S/c1-3-4-5-12-19-13-14(22-12)10-7-6-9(16(20)21-2)8-11(10)18-15(13)17/h6-8H,3-5H2,1-2H3,(H2,17,18). The molecule has 0 spiro atoms. The number of hydrogen-bond donors (Lipinski definition) is 1. The van der Waals surface area contributed by atoms with Crippen LogP contribution < -0.4 is 5.73 Å². The smallest absolute Gasteiger partial charge is 0.337 e. The molecule has 5 nitrogen and oxygen atoms in total. The number of rotatable bonds is 4. The second-order valence-electron chi connectivity index (χ2n) is 5.11. The SMILES string of the molecule is CCCCc1nc2c(N)nc3cc(C(=O)OC)ccc3c2s1. The first kappa shape index (κ1) is 14.7. The molecule has 0 atom stereocenters.